The molecule has 0 aliphatic rings. The third-order valence-electron chi connectivity index (χ3n) is 2.57. The smallest absolute Gasteiger partial charge is 0.257 e. The van der Waals surface area contributed by atoms with Gasteiger partial charge in [0.25, 0.3) is 5.91 Å². The van der Waals surface area contributed by atoms with Gasteiger partial charge in [-0.15, -0.1) is 0 Å². The van der Waals surface area contributed by atoms with Crippen molar-refractivity contribution in [3.05, 3.63) is 64.7 Å². The molecule has 0 atom stereocenters. The first kappa shape index (κ1) is 12.6. The standard InChI is InChI=1S/C14H13ClN2O/c15-13-4-2-1-3-12(13)14(18)17-11-7-5-10(9-16)6-8-11/h1-8H,9,16H2,(H,17,18). The fraction of sp³-hybridized carbons (Fsp3) is 0.0714. The van der Waals surface area contributed by atoms with Gasteiger partial charge in [0.2, 0.25) is 0 Å². The molecule has 4 heteroatoms. The van der Waals surface area contributed by atoms with E-state index in [4.69, 9.17) is 17.3 Å². The van der Waals surface area contributed by atoms with Crippen LogP contribution >= 0.6 is 11.6 Å². The summed E-state index contributed by atoms with van der Waals surface area (Å²) in [6, 6.07) is 14.3. The number of benzene rings is 2. The van der Waals surface area contributed by atoms with E-state index in [9.17, 15) is 4.79 Å². The largest absolute Gasteiger partial charge is 0.326 e. The van der Waals surface area contributed by atoms with Crippen molar-refractivity contribution in [3.8, 4) is 0 Å². The van der Waals surface area contributed by atoms with E-state index in [1.54, 1.807) is 24.3 Å². The number of amides is 1. The van der Waals surface area contributed by atoms with Crippen LogP contribution in [0.1, 0.15) is 15.9 Å². The van der Waals surface area contributed by atoms with Gasteiger partial charge in [-0.3, -0.25) is 4.79 Å². The maximum atomic E-state index is 12.0. The summed E-state index contributed by atoms with van der Waals surface area (Å²) in [6.07, 6.45) is 0. The molecule has 2 aromatic rings. The van der Waals surface area contributed by atoms with Crippen LogP contribution in [0, 0.1) is 0 Å². The van der Waals surface area contributed by atoms with Crippen molar-refractivity contribution in [2.75, 3.05) is 5.32 Å². The molecule has 0 saturated heterocycles. The maximum Gasteiger partial charge on any atom is 0.257 e. The first-order chi connectivity index (χ1) is 8.70. The SMILES string of the molecule is NCc1ccc(NC(=O)c2ccccc2Cl)cc1. The Morgan fingerprint density at radius 3 is 2.39 bits per heavy atom. The second-order valence-electron chi connectivity index (χ2n) is 3.84. The van der Waals surface area contributed by atoms with Crippen LogP contribution in [0.15, 0.2) is 48.5 Å². The van der Waals surface area contributed by atoms with Crippen LogP contribution in [0.4, 0.5) is 5.69 Å². The van der Waals surface area contributed by atoms with Crippen LogP contribution in [-0.2, 0) is 6.54 Å². The van der Waals surface area contributed by atoms with E-state index in [1.165, 1.54) is 0 Å². The molecule has 2 aromatic carbocycles. The topological polar surface area (TPSA) is 55.1 Å². The van der Waals surface area contributed by atoms with Gasteiger partial charge in [0.05, 0.1) is 10.6 Å². The van der Waals surface area contributed by atoms with E-state index in [2.05, 4.69) is 5.32 Å². The molecule has 0 radical (unpaired) electrons. The number of hydrogen-bond donors (Lipinski definition) is 2. The lowest BCUT2D eigenvalue weighted by atomic mass is 10.2. The van der Waals surface area contributed by atoms with E-state index >= 15 is 0 Å². The zero-order chi connectivity index (χ0) is 13.0. The number of nitrogens with two attached hydrogens (primary N) is 1. The monoisotopic (exact) mass is 260 g/mol. The average molecular weight is 261 g/mol. The highest BCUT2D eigenvalue weighted by atomic mass is 35.5. The lowest BCUT2D eigenvalue weighted by Crippen LogP contribution is -2.12. The summed E-state index contributed by atoms with van der Waals surface area (Å²) in [5, 5.41) is 3.22. The Bertz CT molecular complexity index is 552. The number of anilines is 1. The lowest BCUT2D eigenvalue weighted by Gasteiger charge is -2.07. The van der Waals surface area contributed by atoms with Gasteiger partial charge < -0.3 is 11.1 Å². The van der Waals surface area contributed by atoms with Gasteiger partial charge in [-0.2, -0.15) is 0 Å². The van der Waals surface area contributed by atoms with Crippen LogP contribution in [0.25, 0.3) is 0 Å². The van der Waals surface area contributed by atoms with Gasteiger partial charge >= 0.3 is 0 Å². The van der Waals surface area contributed by atoms with E-state index in [1.807, 2.05) is 24.3 Å². The van der Waals surface area contributed by atoms with E-state index in [0.29, 0.717) is 17.1 Å². The number of halogens is 1. The molecule has 0 saturated carbocycles. The summed E-state index contributed by atoms with van der Waals surface area (Å²) in [7, 11) is 0. The summed E-state index contributed by atoms with van der Waals surface area (Å²) < 4.78 is 0. The number of nitrogens with one attached hydrogen (secondary N) is 1. The first-order valence-electron chi connectivity index (χ1n) is 5.55. The zero-order valence-corrected chi connectivity index (χ0v) is 10.4. The zero-order valence-electron chi connectivity index (χ0n) is 9.69. The quantitative estimate of drug-likeness (QED) is 0.891. The Labute approximate surface area is 111 Å². The highest BCUT2D eigenvalue weighted by Crippen LogP contribution is 2.17. The normalized spacial score (nSPS) is 10.1. The highest BCUT2D eigenvalue weighted by Gasteiger charge is 2.09. The molecule has 0 spiro atoms. The van der Waals surface area contributed by atoms with Gasteiger partial charge in [0.15, 0.2) is 0 Å². The molecule has 0 aliphatic heterocycles. The van der Waals surface area contributed by atoms with Gasteiger partial charge in [-0.05, 0) is 29.8 Å². The molecule has 18 heavy (non-hydrogen) atoms. The summed E-state index contributed by atoms with van der Waals surface area (Å²) in [4.78, 5) is 12.0. The first-order valence-corrected chi connectivity index (χ1v) is 5.93. The molecule has 0 aromatic heterocycles. The molecule has 3 nitrogen and oxygen atoms in total. The number of hydrogen-bond acceptors (Lipinski definition) is 2. The Hall–Kier alpha value is -1.84. The van der Waals surface area contributed by atoms with Crippen molar-refractivity contribution in [1.29, 1.82) is 0 Å². The van der Waals surface area contributed by atoms with Crippen LogP contribution in [0.3, 0.4) is 0 Å². The maximum absolute atomic E-state index is 12.0. The summed E-state index contributed by atoms with van der Waals surface area (Å²) >= 11 is 5.96. The van der Waals surface area contributed by atoms with Crippen molar-refractivity contribution >= 4 is 23.2 Å². The molecule has 0 aliphatic carbocycles. The molecule has 0 heterocycles. The third kappa shape index (κ3) is 2.88. The molecule has 3 N–H and O–H groups in total. The molecule has 92 valence electrons. The molecule has 0 fully saturated rings. The van der Waals surface area contributed by atoms with Crippen molar-refractivity contribution in [1.82, 2.24) is 0 Å². The summed E-state index contributed by atoms with van der Waals surface area (Å²) in [6.45, 7) is 0.485. The van der Waals surface area contributed by atoms with Crippen molar-refractivity contribution in [2.45, 2.75) is 6.54 Å². The number of carbonyl (C=O) groups excluding carboxylic acids is 1. The molecule has 0 unspecified atom stereocenters. The molecule has 0 bridgehead atoms. The van der Waals surface area contributed by atoms with Crippen LogP contribution in [-0.4, -0.2) is 5.91 Å². The second kappa shape index (κ2) is 5.67. The minimum atomic E-state index is -0.221. The predicted molar refractivity (Wildman–Crippen MR) is 73.7 cm³/mol. The Balaban J connectivity index is 2.14. The Morgan fingerprint density at radius 2 is 1.78 bits per heavy atom. The average Bonchev–Trinajstić information content (AvgIpc) is 2.40. The van der Waals surface area contributed by atoms with E-state index in [0.717, 1.165) is 11.3 Å². The highest BCUT2D eigenvalue weighted by molar-refractivity contribution is 6.34. The number of carbonyl (C=O) groups is 1. The fourth-order valence-electron chi connectivity index (χ4n) is 1.57. The molecular formula is C14H13ClN2O. The molecule has 2 rings (SSSR count). The van der Waals surface area contributed by atoms with Crippen LogP contribution in [0.2, 0.25) is 5.02 Å². The van der Waals surface area contributed by atoms with Gasteiger partial charge in [0.1, 0.15) is 0 Å². The summed E-state index contributed by atoms with van der Waals surface area (Å²) in [5.74, 6) is -0.221. The van der Waals surface area contributed by atoms with Gasteiger partial charge in [-0.25, -0.2) is 0 Å². The van der Waals surface area contributed by atoms with E-state index < -0.39 is 0 Å². The Morgan fingerprint density at radius 1 is 1.11 bits per heavy atom. The Kier molecular flexibility index (Phi) is 3.97. The molecular weight excluding hydrogens is 248 g/mol. The third-order valence-corrected chi connectivity index (χ3v) is 2.90. The lowest BCUT2D eigenvalue weighted by molar-refractivity contribution is 0.102. The number of rotatable bonds is 3. The fourth-order valence-corrected chi connectivity index (χ4v) is 1.79. The minimum Gasteiger partial charge on any atom is -0.326 e. The van der Waals surface area contributed by atoms with Gasteiger partial charge in [0, 0.05) is 12.2 Å². The van der Waals surface area contributed by atoms with Gasteiger partial charge in [-0.1, -0.05) is 35.9 Å². The van der Waals surface area contributed by atoms with Crippen molar-refractivity contribution in [2.24, 2.45) is 5.73 Å². The second-order valence-corrected chi connectivity index (χ2v) is 4.24. The minimum absolute atomic E-state index is 0.221. The molecule has 1 amide bonds. The van der Waals surface area contributed by atoms with Crippen molar-refractivity contribution < 1.29 is 4.79 Å². The van der Waals surface area contributed by atoms with Crippen LogP contribution in [0.5, 0.6) is 0 Å². The van der Waals surface area contributed by atoms with E-state index in [-0.39, 0.29) is 5.91 Å². The predicted octanol–water partition coefficient (Wildman–Crippen LogP) is 3.05. The van der Waals surface area contributed by atoms with Crippen LogP contribution < -0.4 is 11.1 Å². The van der Waals surface area contributed by atoms with Crippen molar-refractivity contribution in [3.63, 3.8) is 0 Å². The summed E-state index contributed by atoms with van der Waals surface area (Å²) in [5.41, 5.74) is 7.71.